The number of thiazole rings is 1. The number of nitrogens with zero attached hydrogens (tertiary/aromatic N) is 2. The van der Waals surface area contributed by atoms with Crippen LogP contribution in [0.5, 0.6) is 5.75 Å². The highest BCUT2D eigenvalue weighted by Crippen LogP contribution is 2.43. The maximum absolute atomic E-state index is 13.6. The Bertz CT molecular complexity index is 1480. The van der Waals surface area contributed by atoms with Crippen LogP contribution in [0.3, 0.4) is 0 Å². The van der Waals surface area contributed by atoms with Crippen LogP contribution in [0.4, 0.5) is 9.52 Å². The molecule has 34 heavy (non-hydrogen) atoms. The summed E-state index contributed by atoms with van der Waals surface area (Å²) in [7, 11) is 1.58. The minimum absolute atomic E-state index is 0.0719. The van der Waals surface area contributed by atoms with Gasteiger partial charge in [0.2, 0.25) is 0 Å². The third kappa shape index (κ3) is 3.62. The SMILES string of the molecule is COc1ccc2cc(/C(O)=C3\C(=O)C(=O)N(c4nc(C)cs4)C3c3ccc(F)cc3)ccc2c1. The lowest BCUT2D eigenvalue weighted by Gasteiger charge is -2.23. The molecule has 1 aliphatic rings. The molecule has 8 heteroatoms. The highest BCUT2D eigenvalue weighted by atomic mass is 32.1. The van der Waals surface area contributed by atoms with Gasteiger partial charge >= 0.3 is 5.91 Å². The number of carbonyl (C=O) groups excluding carboxylic acids is 2. The van der Waals surface area contributed by atoms with Crippen LogP contribution in [0, 0.1) is 12.7 Å². The number of amides is 1. The predicted molar refractivity (Wildman–Crippen MR) is 129 cm³/mol. The van der Waals surface area contributed by atoms with Crippen molar-refractivity contribution in [3.05, 3.63) is 94.3 Å². The number of aryl methyl sites for hydroxylation is 1. The summed E-state index contributed by atoms with van der Waals surface area (Å²) in [5, 5.41) is 15.1. The molecule has 1 amide bonds. The minimum Gasteiger partial charge on any atom is -0.507 e. The normalized spacial score (nSPS) is 17.5. The van der Waals surface area contributed by atoms with E-state index in [2.05, 4.69) is 4.98 Å². The van der Waals surface area contributed by atoms with Gasteiger partial charge in [-0.05, 0) is 53.6 Å². The van der Waals surface area contributed by atoms with Crippen LogP contribution in [-0.4, -0.2) is 28.9 Å². The van der Waals surface area contributed by atoms with E-state index in [0.29, 0.717) is 27.7 Å². The molecule has 1 fully saturated rings. The lowest BCUT2D eigenvalue weighted by atomic mass is 9.94. The monoisotopic (exact) mass is 474 g/mol. The molecule has 1 N–H and O–H groups in total. The molecule has 0 saturated carbocycles. The first kappa shape index (κ1) is 21.8. The van der Waals surface area contributed by atoms with E-state index in [1.165, 1.54) is 40.5 Å². The van der Waals surface area contributed by atoms with E-state index in [4.69, 9.17) is 4.74 Å². The van der Waals surface area contributed by atoms with Crippen LogP contribution in [0.2, 0.25) is 0 Å². The van der Waals surface area contributed by atoms with Gasteiger partial charge in [0, 0.05) is 10.9 Å². The molecule has 0 spiro atoms. The summed E-state index contributed by atoms with van der Waals surface area (Å²) in [5.41, 5.74) is 1.50. The molecule has 6 nitrogen and oxygen atoms in total. The van der Waals surface area contributed by atoms with E-state index in [1.807, 2.05) is 12.1 Å². The summed E-state index contributed by atoms with van der Waals surface area (Å²) < 4.78 is 18.9. The topological polar surface area (TPSA) is 79.7 Å². The largest absolute Gasteiger partial charge is 0.507 e. The summed E-state index contributed by atoms with van der Waals surface area (Å²) in [4.78, 5) is 31.9. The van der Waals surface area contributed by atoms with Crippen LogP contribution in [-0.2, 0) is 9.59 Å². The number of hydrogen-bond donors (Lipinski definition) is 1. The van der Waals surface area contributed by atoms with Crippen molar-refractivity contribution in [2.75, 3.05) is 12.0 Å². The number of halogens is 1. The number of methoxy groups -OCH3 is 1. The van der Waals surface area contributed by atoms with E-state index in [9.17, 15) is 19.1 Å². The van der Waals surface area contributed by atoms with Gasteiger partial charge in [0.25, 0.3) is 5.78 Å². The number of ether oxygens (including phenoxy) is 1. The fourth-order valence-electron chi connectivity index (χ4n) is 4.10. The van der Waals surface area contributed by atoms with Crippen LogP contribution in [0.1, 0.15) is 22.9 Å². The summed E-state index contributed by atoms with van der Waals surface area (Å²) in [6.45, 7) is 1.79. The average Bonchev–Trinajstić information content (AvgIpc) is 3.38. The van der Waals surface area contributed by atoms with Crippen molar-refractivity contribution in [1.82, 2.24) is 4.98 Å². The number of aliphatic hydroxyl groups excluding tert-OH is 1. The third-order valence-corrected chi connectivity index (χ3v) is 6.72. The van der Waals surface area contributed by atoms with Gasteiger partial charge in [-0.2, -0.15) is 0 Å². The number of aromatic nitrogens is 1. The lowest BCUT2D eigenvalue weighted by Crippen LogP contribution is -2.29. The molecule has 1 atom stereocenters. The van der Waals surface area contributed by atoms with Crippen LogP contribution < -0.4 is 9.64 Å². The van der Waals surface area contributed by atoms with Crippen molar-refractivity contribution in [2.45, 2.75) is 13.0 Å². The Kier molecular flexibility index (Phi) is 5.37. The van der Waals surface area contributed by atoms with Gasteiger partial charge in [-0.1, -0.05) is 30.3 Å². The summed E-state index contributed by atoms with van der Waals surface area (Å²) in [5.74, 6) is -1.67. The van der Waals surface area contributed by atoms with Crippen molar-refractivity contribution in [1.29, 1.82) is 0 Å². The zero-order valence-electron chi connectivity index (χ0n) is 18.3. The molecule has 4 aromatic rings. The highest BCUT2D eigenvalue weighted by molar-refractivity contribution is 7.14. The molecule has 0 aliphatic carbocycles. The molecule has 0 radical (unpaired) electrons. The van der Waals surface area contributed by atoms with E-state index >= 15 is 0 Å². The van der Waals surface area contributed by atoms with Gasteiger partial charge in [0.05, 0.1) is 24.4 Å². The van der Waals surface area contributed by atoms with Gasteiger partial charge in [0.1, 0.15) is 17.3 Å². The van der Waals surface area contributed by atoms with E-state index in [0.717, 1.165) is 10.8 Å². The summed E-state index contributed by atoms with van der Waals surface area (Å²) in [6, 6.07) is 15.3. The number of ketones is 1. The number of benzene rings is 3. The molecule has 2 heterocycles. The summed E-state index contributed by atoms with van der Waals surface area (Å²) >= 11 is 1.22. The zero-order chi connectivity index (χ0) is 24.0. The predicted octanol–water partition coefficient (Wildman–Crippen LogP) is 5.38. The van der Waals surface area contributed by atoms with Crippen LogP contribution in [0.15, 0.2) is 71.6 Å². The summed E-state index contributed by atoms with van der Waals surface area (Å²) in [6.07, 6.45) is 0. The Hall–Kier alpha value is -4.04. The lowest BCUT2D eigenvalue weighted by molar-refractivity contribution is -0.132. The molecule has 170 valence electrons. The zero-order valence-corrected chi connectivity index (χ0v) is 19.1. The first-order valence-electron chi connectivity index (χ1n) is 10.4. The van der Waals surface area contributed by atoms with Gasteiger partial charge < -0.3 is 9.84 Å². The van der Waals surface area contributed by atoms with Gasteiger partial charge in [-0.25, -0.2) is 9.37 Å². The third-order valence-electron chi connectivity index (χ3n) is 5.76. The average molecular weight is 475 g/mol. The maximum atomic E-state index is 13.6. The van der Waals surface area contributed by atoms with Crippen molar-refractivity contribution < 1.29 is 23.8 Å². The second-order valence-electron chi connectivity index (χ2n) is 7.92. The molecular weight excluding hydrogens is 455 g/mol. The standard InChI is InChI=1S/C26H19FN2O4S/c1-14-13-34-26(28-14)29-22(15-5-8-19(27)9-6-15)21(24(31)25(29)32)23(30)18-4-3-17-12-20(33-2)10-7-16(17)11-18/h3-13,22,30H,1-2H3/b23-21+. The quantitative estimate of drug-likeness (QED) is 0.244. The van der Waals surface area contributed by atoms with E-state index < -0.39 is 23.5 Å². The Morgan fingerprint density at radius 1 is 1.06 bits per heavy atom. The second kappa shape index (κ2) is 8.39. The number of anilines is 1. The van der Waals surface area contributed by atoms with Crippen molar-refractivity contribution >= 4 is 44.7 Å². The Morgan fingerprint density at radius 3 is 2.44 bits per heavy atom. The molecule has 5 rings (SSSR count). The number of aliphatic hydroxyl groups is 1. The fourth-order valence-corrected chi connectivity index (χ4v) is 4.92. The van der Waals surface area contributed by atoms with Crippen molar-refractivity contribution in [3.8, 4) is 5.75 Å². The Morgan fingerprint density at radius 2 is 1.76 bits per heavy atom. The number of rotatable bonds is 4. The molecule has 3 aromatic carbocycles. The molecular formula is C26H19FN2O4S. The number of hydrogen-bond acceptors (Lipinski definition) is 6. The number of carbonyl (C=O) groups is 2. The number of fused-ring (bicyclic) bond motifs is 1. The first-order chi connectivity index (χ1) is 16.4. The number of Topliss-reactive ketones (excluding diaryl/α,β-unsaturated/α-hetero) is 1. The smallest absolute Gasteiger partial charge is 0.301 e. The van der Waals surface area contributed by atoms with E-state index in [-0.39, 0.29) is 11.3 Å². The second-order valence-corrected chi connectivity index (χ2v) is 8.76. The van der Waals surface area contributed by atoms with Gasteiger partial charge in [-0.15, -0.1) is 11.3 Å². The molecule has 1 aromatic heterocycles. The van der Waals surface area contributed by atoms with Crippen molar-refractivity contribution in [2.24, 2.45) is 0 Å². The Balaban J connectivity index is 1.69. The highest BCUT2D eigenvalue weighted by Gasteiger charge is 2.48. The van der Waals surface area contributed by atoms with Crippen molar-refractivity contribution in [3.63, 3.8) is 0 Å². The molecule has 1 unspecified atom stereocenters. The molecule has 0 bridgehead atoms. The molecule has 1 aliphatic heterocycles. The van der Waals surface area contributed by atoms with Gasteiger partial charge in [-0.3, -0.25) is 14.5 Å². The minimum atomic E-state index is -0.947. The van der Waals surface area contributed by atoms with Gasteiger partial charge in [0.15, 0.2) is 5.13 Å². The maximum Gasteiger partial charge on any atom is 0.301 e. The molecule has 1 saturated heterocycles. The fraction of sp³-hybridized carbons (Fsp3) is 0.115. The van der Waals surface area contributed by atoms with Crippen LogP contribution in [0.25, 0.3) is 16.5 Å². The first-order valence-corrected chi connectivity index (χ1v) is 11.3. The Labute approximate surface area is 198 Å². The van der Waals surface area contributed by atoms with E-state index in [1.54, 1.807) is 43.7 Å². The van der Waals surface area contributed by atoms with Crippen LogP contribution >= 0.6 is 11.3 Å².